The second-order valence-electron chi connectivity index (χ2n) is 6.12. The molecule has 134 valence electrons. The fourth-order valence-corrected chi connectivity index (χ4v) is 3.60. The monoisotopic (exact) mass is 400 g/mol. The van der Waals surface area contributed by atoms with Crippen LogP contribution in [0, 0.1) is 0 Å². The molecule has 0 spiro atoms. The van der Waals surface area contributed by atoms with E-state index in [1.54, 1.807) is 10.9 Å². The third kappa shape index (κ3) is 4.29. The summed E-state index contributed by atoms with van der Waals surface area (Å²) in [7, 11) is 0. The summed E-state index contributed by atoms with van der Waals surface area (Å²) in [6, 6.07) is 5.17. The molecule has 3 rings (SSSR count). The van der Waals surface area contributed by atoms with Gasteiger partial charge in [0, 0.05) is 54.5 Å². The van der Waals surface area contributed by atoms with Gasteiger partial charge in [-0.25, -0.2) is 0 Å². The maximum atomic E-state index is 12.6. The number of rotatable bonds is 4. The second kappa shape index (κ2) is 7.96. The molecule has 1 aliphatic rings. The predicted octanol–water partition coefficient (Wildman–Crippen LogP) is 3.75. The van der Waals surface area contributed by atoms with E-state index >= 15 is 0 Å². The van der Waals surface area contributed by atoms with Gasteiger partial charge in [-0.05, 0) is 19.1 Å². The average Bonchev–Trinajstić information content (AvgIpc) is 3.04. The smallest absolute Gasteiger partial charge is 0.247 e. The first kappa shape index (κ1) is 18.5. The van der Waals surface area contributed by atoms with Crippen molar-refractivity contribution in [1.82, 2.24) is 19.6 Å². The van der Waals surface area contributed by atoms with Crippen LogP contribution in [0.25, 0.3) is 0 Å². The van der Waals surface area contributed by atoms with Gasteiger partial charge in [0.05, 0.1) is 11.2 Å². The highest BCUT2D eigenvalue weighted by Crippen LogP contribution is 2.26. The lowest BCUT2D eigenvalue weighted by atomic mass is 10.2. The largest absolute Gasteiger partial charge is 0.338 e. The average molecular weight is 402 g/mol. The van der Waals surface area contributed by atoms with Gasteiger partial charge in [0.25, 0.3) is 0 Å². The summed E-state index contributed by atoms with van der Waals surface area (Å²) in [4.78, 5) is 16.8. The molecule has 1 saturated heterocycles. The molecule has 1 aliphatic heterocycles. The molecule has 25 heavy (non-hydrogen) atoms. The Morgan fingerprint density at radius 3 is 2.36 bits per heavy atom. The standard InChI is InChI=1S/C17H19Cl3N4O/c1-12(24-10-13(18)9-21-24)17(25)23-7-5-22(6-8-23)11-14-15(19)3-2-4-16(14)20/h2-4,9-10,12H,5-8,11H2,1H3. The Balaban J connectivity index is 1.57. The van der Waals surface area contributed by atoms with E-state index in [0.717, 1.165) is 18.7 Å². The number of hydrogen-bond acceptors (Lipinski definition) is 3. The summed E-state index contributed by atoms with van der Waals surface area (Å²) in [5, 5.41) is 6.00. The fraction of sp³-hybridized carbons (Fsp3) is 0.412. The summed E-state index contributed by atoms with van der Waals surface area (Å²) in [6.07, 6.45) is 3.20. The van der Waals surface area contributed by atoms with Crippen LogP contribution in [-0.2, 0) is 11.3 Å². The third-order valence-corrected chi connectivity index (χ3v) is 5.35. The zero-order valence-corrected chi connectivity index (χ0v) is 16.1. The van der Waals surface area contributed by atoms with Crippen molar-refractivity contribution in [2.45, 2.75) is 19.5 Å². The molecule has 0 bridgehead atoms. The molecule has 1 aromatic heterocycles. The number of piperazine rings is 1. The SMILES string of the molecule is CC(C(=O)N1CCN(Cc2c(Cl)cccc2Cl)CC1)n1cc(Cl)cn1. The second-order valence-corrected chi connectivity index (χ2v) is 7.37. The number of carbonyl (C=O) groups excluding carboxylic acids is 1. The summed E-state index contributed by atoms with van der Waals surface area (Å²) in [6.45, 7) is 5.41. The number of aromatic nitrogens is 2. The van der Waals surface area contributed by atoms with E-state index in [1.165, 1.54) is 6.20 Å². The van der Waals surface area contributed by atoms with Gasteiger partial charge >= 0.3 is 0 Å². The number of halogens is 3. The summed E-state index contributed by atoms with van der Waals surface area (Å²) in [5.41, 5.74) is 0.935. The highest BCUT2D eigenvalue weighted by molar-refractivity contribution is 6.36. The summed E-state index contributed by atoms with van der Waals surface area (Å²) < 4.78 is 1.60. The molecule has 2 heterocycles. The van der Waals surface area contributed by atoms with Gasteiger partial charge in [-0.2, -0.15) is 5.10 Å². The molecule has 0 N–H and O–H groups in total. The van der Waals surface area contributed by atoms with Gasteiger partial charge in [0.2, 0.25) is 5.91 Å². The van der Waals surface area contributed by atoms with Gasteiger partial charge in [-0.15, -0.1) is 0 Å². The van der Waals surface area contributed by atoms with Crippen LogP contribution >= 0.6 is 34.8 Å². The molecular weight excluding hydrogens is 383 g/mol. The van der Waals surface area contributed by atoms with Crippen molar-refractivity contribution in [2.24, 2.45) is 0 Å². The summed E-state index contributed by atoms with van der Waals surface area (Å²) >= 11 is 18.4. The molecule has 5 nitrogen and oxygen atoms in total. The van der Waals surface area contributed by atoms with Gasteiger partial charge < -0.3 is 4.90 Å². The minimum atomic E-state index is -0.364. The van der Waals surface area contributed by atoms with Crippen molar-refractivity contribution in [1.29, 1.82) is 0 Å². The Morgan fingerprint density at radius 1 is 1.16 bits per heavy atom. The number of hydrogen-bond donors (Lipinski definition) is 0. The fourth-order valence-electron chi connectivity index (χ4n) is 2.94. The molecule has 0 aliphatic carbocycles. The predicted molar refractivity (Wildman–Crippen MR) is 100 cm³/mol. The van der Waals surface area contributed by atoms with E-state index in [-0.39, 0.29) is 11.9 Å². The molecule has 0 radical (unpaired) electrons. The van der Waals surface area contributed by atoms with Crippen LogP contribution in [0.1, 0.15) is 18.5 Å². The van der Waals surface area contributed by atoms with Crippen molar-refractivity contribution in [3.63, 3.8) is 0 Å². The van der Waals surface area contributed by atoms with Crippen molar-refractivity contribution < 1.29 is 4.79 Å². The first-order valence-electron chi connectivity index (χ1n) is 8.09. The van der Waals surface area contributed by atoms with E-state index in [4.69, 9.17) is 34.8 Å². The first-order chi connectivity index (χ1) is 12.0. The van der Waals surface area contributed by atoms with E-state index in [0.29, 0.717) is 34.7 Å². The molecular formula is C17H19Cl3N4O. The van der Waals surface area contributed by atoms with Crippen molar-refractivity contribution >= 4 is 40.7 Å². The Kier molecular flexibility index (Phi) is 5.89. The topological polar surface area (TPSA) is 41.4 Å². The Labute approximate surface area is 162 Å². The zero-order chi connectivity index (χ0) is 18.0. The quantitative estimate of drug-likeness (QED) is 0.783. The molecule has 1 atom stereocenters. The maximum Gasteiger partial charge on any atom is 0.247 e. The van der Waals surface area contributed by atoms with Crippen LogP contribution in [0.2, 0.25) is 15.1 Å². The van der Waals surface area contributed by atoms with Gasteiger partial charge in [0.15, 0.2) is 0 Å². The van der Waals surface area contributed by atoms with E-state index in [1.807, 2.05) is 30.0 Å². The Morgan fingerprint density at radius 2 is 1.80 bits per heavy atom. The molecule has 8 heteroatoms. The van der Waals surface area contributed by atoms with Gasteiger partial charge in [-0.3, -0.25) is 14.4 Å². The van der Waals surface area contributed by atoms with Crippen LogP contribution in [0.5, 0.6) is 0 Å². The lowest BCUT2D eigenvalue weighted by molar-refractivity contribution is -0.136. The molecule has 2 aromatic rings. The van der Waals surface area contributed by atoms with Crippen molar-refractivity contribution in [3.8, 4) is 0 Å². The number of benzene rings is 1. The Bertz CT molecular complexity index is 736. The normalized spacial score (nSPS) is 16.9. The van der Waals surface area contributed by atoms with Crippen LogP contribution < -0.4 is 0 Å². The lowest BCUT2D eigenvalue weighted by Gasteiger charge is -2.36. The molecule has 0 saturated carbocycles. The minimum absolute atomic E-state index is 0.0511. The molecule has 1 aromatic carbocycles. The number of amides is 1. The number of nitrogens with zero attached hydrogens (tertiary/aromatic N) is 4. The first-order valence-corrected chi connectivity index (χ1v) is 9.23. The van der Waals surface area contributed by atoms with Crippen LogP contribution in [0.3, 0.4) is 0 Å². The van der Waals surface area contributed by atoms with Crippen molar-refractivity contribution in [2.75, 3.05) is 26.2 Å². The van der Waals surface area contributed by atoms with Gasteiger partial charge in [0.1, 0.15) is 6.04 Å². The third-order valence-electron chi connectivity index (χ3n) is 4.45. The highest BCUT2D eigenvalue weighted by atomic mass is 35.5. The van der Waals surface area contributed by atoms with E-state index in [2.05, 4.69) is 10.00 Å². The molecule has 1 fully saturated rings. The van der Waals surface area contributed by atoms with Crippen LogP contribution in [0.15, 0.2) is 30.6 Å². The van der Waals surface area contributed by atoms with Crippen LogP contribution in [0.4, 0.5) is 0 Å². The molecule has 1 unspecified atom stereocenters. The molecule has 1 amide bonds. The van der Waals surface area contributed by atoms with E-state index < -0.39 is 0 Å². The highest BCUT2D eigenvalue weighted by Gasteiger charge is 2.26. The van der Waals surface area contributed by atoms with Crippen molar-refractivity contribution in [3.05, 3.63) is 51.2 Å². The van der Waals surface area contributed by atoms with Gasteiger partial charge in [-0.1, -0.05) is 40.9 Å². The minimum Gasteiger partial charge on any atom is -0.338 e. The van der Waals surface area contributed by atoms with E-state index in [9.17, 15) is 4.79 Å². The lowest BCUT2D eigenvalue weighted by Crippen LogP contribution is -2.50. The number of carbonyl (C=O) groups is 1. The Hall–Kier alpha value is -1.27. The summed E-state index contributed by atoms with van der Waals surface area (Å²) in [5.74, 6) is 0.0511. The maximum absolute atomic E-state index is 12.6. The zero-order valence-electron chi connectivity index (χ0n) is 13.8. The van der Waals surface area contributed by atoms with Crippen LogP contribution in [-0.4, -0.2) is 51.7 Å².